The number of aryl methyl sites for hydroxylation is 1. The predicted molar refractivity (Wildman–Crippen MR) is 84.8 cm³/mol. The maximum atomic E-state index is 6.27. The van der Waals surface area contributed by atoms with Gasteiger partial charge < -0.3 is 10.5 Å². The van der Waals surface area contributed by atoms with Crippen LogP contribution in [0.4, 0.5) is 0 Å². The minimum absolute atomic E-state index is 0.199. The monoisotopic (exact) mass is 309 g/mol. The van der Waals surface area contributed by atoms with Crippen LogP contribution in [0.3, 0.4) is 0 Å². The third-order valence-corrected chi connectivity index (χ3v) is 3.80. The third-order valence-electron chi connectivity index (χ3n) is 3.24. The quantitative estimate of drug-likeness (QED) is 0.899. The Hall–Kier alpha value is -1.22. The van der Waals surface area contributed by atoms with Gasteiger partial charge in [-0.3, -0.25) is 0 Å². The summed E-state index contributed by atoms with van der Waals surface area (Å²) >= 11 is 12.3. The highest BCUT2D eigenvalue weighted by molar-refractivity contribution is 6.31. The fourth-order valence-corrected chi connectivity index (χ4v) is 2.76. The van der Waals surface area contributed by atoms with E-state index in [-0.39, 0.29) is 6.04 Å². The van der Waals surface area contributed by atoms with Crippen LogP contribution in [0.5, 0.6) is 5.75 Å². The summed E-state index contributed by atoms with van der Waals surface area (Å²) in [6, 6.07) is 11.2. The van der Waals surface area contributed by atoms with E-state index in [9.17, 15) is 0 Å². The zero-order valence-corrected chi connectivity index (χ0v) is 13.0. The first-order valence-electron chi connectivity index (χ1n) is 6.35. The van der Waals surface area contributed by atoms with Gasteiger partial charge in [0, 0.05) is 16.1 Å². The Morgan fingerprint density at radius 1 is 1.15 bits per heavy atom. The van der Waals surface area contributed by atoms with Gasteiger partial charge in [0.25, 0.3) is 0 Å². The molecule has 1 unspecified atom stereocenters. The average molecular weight is 310 g/mol. The van der Waals surface area contributed by atoms with Crippen molar-refractivity contribution in [2.75, 3.05) is 7.11 Å². The Morgan fingerprint density at radius 2 is 1.90 bits per heavy atom. The number of hydrogen-bond donors (Lipinski definition) is 1. The van der Waals surface area contributed by atoms with E-state index in [1.54, 1.807) is 13.2 Å². The van der Waals surface area contributed by atoms with Crippen molar-refractivity contribution in [3.63, 3.8) is 0 Å². The average Bonchev–Trinajstić information content (AvgIpc) is 2.38. The molecular weight excluding hydrogens is 293 g/mol. The van der Waals surface area contributed by atoms with Gasteiger partial charge in [-0.05, 0) is 54.3 Å². The van der Waals surface area contributed by atoms with Crippen LogP contribution in [-0.4, -0.2) is 7.11 Å². The van der Waals surface area contributed by atoms with Crippen LogP contribution < -0.4 is 10.5 Å². The first kappa shape index (κ1) is 15.2. The molecule has 0 aliphatic carbocycles. The Labute approximate surface area is 129 Å². The lowest BCUT2D eigenvalue weighted by Crippen LogP contribution is -2.14. The number of benzene rings is 2. The molecule has 2 N–H and O–H groups in total. The number of halogens is 2. The van der Waals surface area contributed by atoms with Gasteiger partial charge in [0.05, 0.1) is 7.11 Å². The summed E-state index contributed by atoms with van der Waals surface area (Å²) in [4.78, 5) is 0. The molecule has 0 saturated carbocycles. The maximum absolute atomic E-state index is 6.27. The minimum atomic E-state index is -0.199. The molecule has 0 bridgehead atoms. The van der Waals surface area contributed by atoms with Crippen molar-refractivity contribution in [2.45, 2.75) is 19.4 Å². The van der Waals surface area contributed by atoms with Crippen molar-refractivity contribution in [1.29, 1.82) is 0 Å². The first-order chi connectivity index (χ1) is 9.51. The highest BCUT2D eigenvalue weighted by atomic mass is 35.5. The number of ether oxygens (including phenoxy) is 1. The van der Waals surface area contributed by atoms with E-state index < -0.39 is 0 Å². The molecule has 0 amide bonds. The van der Waals surface area contributed by atoms with Crippen LogP contribution >= 0.6 is 23.2 Å². The number of methoxy groups -OCH3 is 1. The van der Waals surface area contributed by atoms with E-state index in [4.69, 9.17) is 33.7 Å². The van der Waals surface area contributed by atoms with Gasteiger partial charge in [-0.25, -0.2) is 0 Å². The molecule has 0 radical (unpaired) electrons. The summed E-state index contributed by atoms with van der Waals surface area (Å²) in [7, 11) is 1.64. The molecular formula is C16H17Cl2NO. The number of hydrogen-bond acceptors (Lipinski definition) is 2. The molecule has 1 atom stereocenters. The summed E-state index contributed by atoms with van der Waals surface area (Å²) in [6.45, 7) is 2.00. The highest BCUT2D eigenvalue weighted by Gasteiger charge is 2.14. The zero-order valence-electron chi connectivity index (χ0n) is 11.5. The van der Waals surface area contributed by atoms with Crippen LogP contribution in [0.1, 0.15) is 22.7 Å². The molecule has 2 aromatic rings. The van der Waals surface area contributed by atoms with E-state index in [0.29, 0.717) is 16.5 Å². The minimum Gasteiger partial charge on any atom is -0.496 e. The maximum Gasteiger partial charge on any atom is 0.122 e. The lowest BCUT2D eigenvalue weighted by molar-refractivity contribution is 0.408. The Kier molecular flexibility index (Phi) is 4.92. The first-order valence-corrected chi connectivity index (χ1v) is 7.11. The van der Waals surface area contributed by atoms with Crippen molar-refractivity contribution < 1.29 is 4.74 Å². The summed E-state index contributed by atoms with van der Waals surface area (Å²) in [5.74, 6) is 0.785. The Bertz CT molecular complexity index is 613. The molecule has 0 aliphatic heterocycles. The molecule has 2 aromatic carbocycles. The molecule has 2 rings (SSSR count). The summed E-state index contributed by atoms with van der Waals surface area (Å²) in [5.41, 5.74) is 9.29. The molecule has 0 fully saturated rings. The summed E-state index contributed by atoms with van der Waals surface area (Å²) in [5, 5.41) is 1.36. The van der Waals surface area contributed by atoms with Gasteiger partial charge in [0.15, 0.2) is 0 Å². The van der Waals surface area contributed by atoms with Gasteiger partial charge in [0.2, 0.25) is 0 Å². The van der Waals surface area contributed by atoms with Gasteiger partial charge in [0.1, 0.15) is 5.75 Å². The zero-order chi connectivity index (χ0) is 14.7. The van der Waals surface area contributed by atoms with Gasteiger partial charge in [-0.1, -0.05) is 35.3 Å². The largest absolute Gasteiger partial charge is 0.496 e. The highest BCUT2D eigenvalue weighted by Crippen LogP contribution is 2.29. The smallest absolute Gasteiger partial charge is 0.122 e. The van der Waals surface area contributed by atoms with Crippen molar-refractivity contribution in [1.82, 2.24) is 0 Å². The second-order valence-corrected chi connectivity index (χ2v) is 5.64. The lowest BCUT2D eigenvalue weighted by Gasteiger charge is -2.16. The lowest BCUT2D eigenvalue weighted by atomic mass is 9.98. The van der Waals surface area contributed by atoms with Crippen molar-refractivity contribution in [3.05, 3.63) is 63.1 Å². The third kappa shape index (κ3) is 3.45. The van der Waals surface area contributed by atoms with Gasteiger partial charge >= 0.3 is 0 Å². The molecule has 2 nitrogen and oxygen atoms in total. The topological polar surface area (TPSA) is 35.2 Å². The normalized spacial score (nSPS) is 12.2. The van der Waals surface area contributed by atoms with Crippen molar-refractivity contribution in [3.8, 4) is 5.75 Å². The Morgan fingerprint density at radius 3 is 2.55 bits per heavy atom. The fourth-order valence-electron chi connectivity index (χ4n) is 2.19. The van der Waals surface area contributed by atoms with Crippen LogP contribution in [0.2, 0.25) is 10.0 Å². The van der Waals surface area contributed by atoms with Gasteiger partial charge in [-0.2, -0.15) is 0 Å². The number of nitrogens with two attached hydrogens (primary N) is 1. The van der Waals surface area contributed by atoms with E-state index in [1.807, 2.05) is 37.3 Å². The second-order valence-electron chi connectivity index (χ2n) is 4.79. The Balaban J connectivity index is 2.27. The van der Waals surface area contributed by atoms with Crippen LogP contribution in [0.25, 0.3) is 0 Å². The summed E-state index contributed by atoms with van der Waals surface area (Å²) in [6.07, 6.45) is 0.618. The number of rotatable bonds is 4. The van der Waals surface area contributed by atoms with Crippen molar-refractivity contribution >= 4 is 23.2 Å². The molecule has 106 valence electrons. The van der Waals surface area contributed by atoms with Crippen LogP contribution in [0, 0.1) is 6.92 Å². The molecule has 20 heavy (non-hydrogen) atoms. The molecule has 0 aromatic heterocycles. The van der Waals surface area contributed by atoms with E-state index in [0.717, 1.165) is 22.4 Å². The molecule has 4 heteroatoms. The molecule has 0 heterocycles. The van der Waals surface area contributed by atoms with E-state index >= 15 is 0 Å². The van der Waals surface area contributed by atoms with Crippen LogP contribution in [0.15, 0.2) is 36.4 Å². The fraction of sp³-hybridized carbons (Fsp3) is 0.250. The summed E-state index contributed by atoms with van der Waals surface area (Å²) < 4.78 is 5.34. The predicted octanol–water partition coefficient (Wildman–Crippen LogP) is 4.55. The molecule has 0 saturated heterocycles. The van der Waals surface area contributed by atoms with E-state index in [1.165, 1.54) is 0 Å². The SMILES string of the molecule is COc1ccc(Cl)cc1CC(N)c1ccc(C)cc1Cl. The van der Waals surface area contributed by atoms with Gasteiger partial charge in [-0.15, -0.1) is 0 Å². The standard InChI is InChI=1S/C16H17Cl2NO/c1-10-3-5-13(14(18)7-10)15(19)9-11-8-12(17)4-6-16(11)20-2/h3-8,15H,9,19H2,1-2H3. The molecule has 0 spiro atoms. The van der Waals surface area contributed by atoms with Crippen LogP contribution in [-0.2, 0) is 6.42 Å². The van der Waals surface area contributed by atoms with Crippen molar-refractivity contribution in [2.24, 2.45) is 5.73 Å². The molecule has 0 aliphatic rings. The second kappa shape index (κ2) is 6.49. The van der Waals surface area contributed by atoms with E-state index in [2.05, 4.69) is 0 Å².